The number of hydrogen-bond donors (Lipinski definition) is 3. The normalized spacial score (nSPS) is 19.9. The highest BCUT2D eigenvalue weighted by atomic mass is 16.7. The van der Waals surface area contributed by atoms with E-state index in [1.165, 1.54) is 6.42 Å². The van der Waals surface area contributed by atoms with E-state index in [9.17, 15) is 19.2 Å². The molecule has 3 N–H and O–H groups in total. The molecule has 0 spiro atoms. The van der Waals surface area contributed by atoms with E-state index in [4.69, 9.17) is 4.84 Å². The third kappa shape index (κ3) is 7.55. The third-order valence-corrected chi connectivity index (χ3v) is 8.76. The second-order valence-corrected chi connectivity index (χ2v) is 13.6. The zero-order valence-electron chi connectivity index (χ0n) is 26.7. The van der Waals surface area contributed by atoms with Crippen molar-refractivity contribution in [1.29, 1.82) is 0 Å². The van der Waals surface area contributed by atoms with Gasteiger partial charge in [0.25, 0.3) is 0 Å². The Balaban J connectivity index is 1.58. The van der Waals surface area contributed by atoms with Crippen LogP contribution in [0, 0.1) is 5.92 Å². The van der Waals surface area contributed by atoms with Crippen LogP contribution >= 0.6 is 0 Å². The number of imidazole rings is 1. The van der Waals surface area contributed by atoms with Crippen molar-refractivity contribution in [2.45, 2.75) is 115 Å². The molecule has 4 rings (SSSR count). The van der Waals surface area contributed by atoms with Gasteiger partial charge >= 0.3 is 0 Å². The number of hydroxylamine groups is 2. The van der Waals surface area contributed by atoms with Crippen molar-refractivity contribution in [1.82, 2.24) is 25.2 Å². The number of nitrogens with zero attached hydrogens (tertiary/aromatic N) is 3. The SMILES string of the molecule is CC(C)(C)ON(C=O)C(C)(C)C(=O)N[C@H](CC1CCCCC1)C(=O)Nc1cn(C(C=O)(c2ccccc2)C2CCCN2)cn1. The van der Waals surface area contributed by atoms with Gasteiger partial charge in [0.1, 0.15) is 17.1 Å². The smallest absolute Gasteiger partial charge is 0.248 e. The highest BCUT2D eigenvalue weighted by Crippen LogP contribution is 2.34. The van der Waals surface area contributed by atoms with Crippen LogP contribution in [0.3, 0.4) is 0 Å². The summed E-state index contributed by atoms with van der Waals surface area (Å²) < 4.78 is 1.76. The van der Waals surface area contributed by atoms with Crippen LogP contribution < -0.4 is 16.0 Å². The molecule has 3 atom stereocenters. The van der Waals surface area contributed by atoms with Gasteiger partial charge in [0.05, 0.1) is 11.9 Å². The maximum Gasteiger partial charge on any atom is 0.248 e. The van der Waals surface area contributed by atoms with Gasteiger partial charge in [0.15, 0.2) is 12.1 Å². The molecule has 1 saturated heterocycles. The Morgan fingerprint density at radius 2 is 1.77 bits per heavy atom. The monoisotopic (exact) mass is 608 g/mol. The predicted octanol–water partition coefficient (Wildman–Crippen LogP) is 3.94. The van der Waals surface area contributed by atoms with Crippen LogP contribution in [0.4, 0.5) is 5.82 Å². The molecule has 3 amide bonds. The quantitative estimate of drug-likeness (QED) is 0.232. The molecular formula is C33H48N6O5. The van der Waals surface area contributed by atoms with Gasteiger partial charge < -0.3 is 25.3 Å². The van der Waals surface area contributed by atoms with Gasteiger partial charge in [-0.05, 0) is 71.9 Å². The summed E-state index contributed by atoms with van der Waals surface area (Å²) in [6, 6.07) is 8.57. The fraction of sp³-hybridized carbons (Fsp3) is 0.606. The molecule has 2 aliphatic rings. The number of rotatable bonds is 13. The second-order valence-electron chi connectivity index (χ2n) is 13.6. The Hall–Kier alpha value is -3.57. The Labute approximate surface area is 260 Å². The fourth-order valence-electron chi connectivity index (χ4n) is 6.29. The van der Waals surface area contributed by atoms with Gasteiger partial charge in [-0.15, -0.1) is 0 Å². The molecule has 1 saturated carbocycles. The Morgan fingerprint density at radius 1 is 1.07 bits per heavy atom. The first-order chi connectivity index (χ1) is 20.9. The van der Waals surface area contributed by atoms with Crippen LogP contribution in [-0.2, 0) is 29.6 Å². The first-order valence-corrected chi connectivity index (χ1v) is 15.8. The van der Waals surface area contributed by atoms with Crippen molar-refractivity contribution in [2.24, 2.45) is 5.92 Å². The average Bonchev–Trinajstić information content (AvgIpc) is 3.71. The van der Waals surface area contributed by atoms with Crippen molar-refractivity contribution in [3.05, 3.63) is 48.4 Å². The minimum absolute atomic E-state index is 0.142. The van der Waals surface area contributed by atoms with Gasteiger partial charge in [-0.25, -0.2) is 10.0 Å². The Kier molecular flexibility index (Phi) is 10.6. The second kappa shape index (κ2) is 14.0. The number of hydrogen-bond acceptors (Lipinski definition) is 7. The summed E-state index contributed by atoms with van der Waals surface area (Å²) in [6.07, 6.45) is 12.2. The fourth-order valence-corrected chi connectivity index (χ4v) is 6.29. The predicted molar refractivity (Wildman–Crippen MR) is 167 cm³/mol. The molecule has 0 bridgehead atoms. The number of benzene rings is 1. The summed E-state index contributed by atoms with van der Waals surface area (Å²) >= 11 is 0. The van der Waals surface area contributed by atoms with E-state index >= 15 is 0 Å². The van der Waals surface area contributed by atoms with Crippen molar-refractivity contribution < 1.29 is 24.0 Å². The third-order valence-electron chi connectivity index (χ3n) is 8.76. The molecule has 11 nitrogen and oxygen atoms in total. The molecule has 240 valence electrons. The molecule has 1 aliphatic carbocycles. The molecule has 0 radical (unpaired) electrons. The van der Waals surface area contributed by atoms with E-state index in [1.54, 1.807) is 51.7 Å². The number of nitrogens with one attached hydrogen (secondary N) is 3. The van der Waals surface area contributed by atoms with Crippen LogP contribution in [0.25, 0.3) is 0 Å². The Bertz CT molecular complexity index is 1280. The van der Waals surface area contributed by atoms with E-state index in [-0.39, 0.29) is 17.8 Å². The van der Waals surface area contributed by atoms with E-state index in [2.05, 4.69) is 20.9 Å². The number of aromatic nitrogens is 2. The summed E-state index contributed by atoms with van der Waals surface area (Å²) in [6.45, 7) is 9.34. The van der Waals surface area contributed by atoms with Crippen LogP contribution in [-0.4, -0.2) is 68.9 Å². The zero-order chi connectivity index (χ0) is 32.0. The summed E-state index contributed by atoms with van der Waals surface area (Å²) in [7, 11) is 0. The van der Waals surface area contributed by atoms with E-state index < -0.39 is 34.5 Å². The lowest BCUT2D eigenvalue weighted by Crippen LogP contribution is -2.59. The molecule has 2 aromatic rings. The van der Waals surface area contributed by atoms with Gasteiger partial charge in [-0.2, -0.15) is 0 Å². The van der Waals surface area contributed by atoms with Gasteiger partial charge in [-0.1, -0.05) is 62.4 Å². The zero-order valence-corrected chi connectivity index (χ0v) is 26.7. The molecular weight excluding hydrogens is 560 g/mol. The first-order valence-electron chi connectivity index (χ1n) is 15.8. The van der Waals surface area contributed by atoms with Crippen LogP contribution in [0.1, 0.15) is 91.5 Å². The Morgan fingerprint density at radius 3 is 2.36 bits per heavy atom. The summed E-state index contributed by atoms with van der Waals surface area (Å²) in [5.41, 5.74) is -2.30. The van der Waals surface area contributed by atoms with Crippen molar-refractivity contribution in [3.63, 3.8) is 0 Å². The van der Waals surface area contributed by atoms with Crippen molar-refractivity contribution in [3.8, 4) is 0 Å². The van der Waals surface area contributed by atoms with Crippen molar-refractivity contribution >= 4 is 30.3 Å². The molecule has 1 aliphatic heterocycles. The highest BCUT2D eigenvalue weighted by molar-refractivity contribution is 5.98. The summed E-state index contributed by atoms with van der Waals surface area (Å²) in [5, 5.41) is 10.3. The average molecular weight is 609 g/mol. The molecule has 2 heterocycles. The standard InChI is InChI=1S/C33H48N6O5/c1-31(2,3)44-39(23-41)32(4,5)30(43)36-26(19-24-13-8-6-9-14-24)29(42)37-28-20-38(22-35-28)33(21-40,27-17-12-18-34-27)25-15-10-7-11-16-25/h7,10-11,15-16,20-24,26-27,34H,6,8-9,12-14,17-19H2,1-5H3,(H,36,43)(H,37,42)/t26-,27?,33?/m1/s1. The number of carbonyl (C=O) groups is 4. The molecule has 1 aromatic carbocycles. The molecule has 2 fully saturated rings. The number of aldehydes is 1. The molecule has 1 aromatic heterocycles. The number of anilines is 1. The van der Waals surface area contributed by atoms with E-state index in [0.29, 0.717) is 12.8 Å². The lowest BCUT2D eigenvalue weighted by atomic mass is 9.82. The highest BCUT2D eigenvalue weighted by Gasteiger charge is 2.44. The topological polar surface area (TPSA) is 135 Å². The maximum atomic E-state index is 13.8. The number of carbonyl (C=O) groups excluding carboxylic acids is 4. The summed E-state index contributed by atoms with van der Waals surface area (Å²) in [4.78, 5) is 62.4. The molecule has 2 unspecified atom stereocenters. The van der Waals surface area contributed by atoms with Gasteiger partial charge in [-0.3, -0.25) is 19.2 Å². The molecule has 44 heavy (non-hydrogen) atoms. The van der Waals surface area contributed by atoms with Gasteiger partial charge in [0, 0.05) is 12.2 Å². The van der Waals surface area contributed by atoms with Crippen LogP contribution in [0.2, 0.25) is 0 Å². The minimum Gasteiger partial charge on any atom is -0.342 e. The van der Waals surface area contributed by atoms with Crippen LogP contribution in [0.5, 0.6) is 0 Å². The van der Waals surface area contributed by atoms with Crippen molar-refractivity contribution in [2.75, 3.05) is 11.9 Å². The minimum atomic E-state index is -1.38. The number of amides is 3. The maximum absolute atomic E-state index is 13.8. The van der Waals surface area contributed by atoms with Gasteiger partial charge in [0.2, 0.25) is 18.2 Å². The van der Waals surface area contributed by atoms with E-state index in [1.807, 2.05) is 30.3 Å². The van der Waals surface area contributed by atoms with E-state index in [0.717, 1.165) is 62.0 Å². The lowest BCUT2D eigenvalue weighted by Gasteiger charge is -2.38. The molecule has 11 heteroatoms. The summed E-state index contributed by atoms with van der Waals surface area (Å²) in [5.74, 6) is -0.355. The van der Waals surface area contributed by atoms with Crippen LogP contribution in [0.15, 0.2) is 42.9 Å². The largest absolute Gasteiger partial charge is 0.342 e. The lowest BCUT2D eigenvalue weighted by molar-refractivity contribution is -0.247. The first kappa shape index (κ1) is 33.3.